The van der Waals surface area contributed by atoms with Gasteiger partial charge < -0.3 is 5.32 Å². The third kappa shape index (κ3) is 1.81. The van der Waals surface area contributed by atoms with Gasteiger partial charge in [0.1, 0.15) is 5.03 Å². The van der Waals surface area contributed by atoms with Crippen LogP contribution in [0.15, 0.2) is 11.2 Å². The molecule has 1 atom stereocenters. The lowest BCUT2D eigenvalue weighted by Gasteiger charge is -2.24. The van der Waals surface area contributed by atoms with Gasteiger partial charge in [-0.3, -0.25) is 0 Å². The van der Waals surface area contributed by atoms with Gasteiger partial charge in [-0.05, 0) is 24.0 Å². The maximum absolute atomic E-state index is 4.57. The van der Waals surface area contributed by atoms with E-state index in [0.29, 0.717) is 5.92 Å². The first-order valence-corrected chi connectivity index (χ1v) is 6.91. The molecule has 3 heteroatoms. The molecule has 0 bridgehead atoms. The summed E-state index contributed by atoms with van der Waals surface area (Å²) in [6, 6.07) is 0. The number of aromatic nitrogens is 1. The Kier molecular flexibility index (Phi) is 2.83. The summed E-state index contributed by atoms with van der Waals surface area (Å²) in [6.07, 6.45) is 2.02. The fraction of sp³-hybridized carbons (Fsp3) is 0.500. The van der Waals surface area contributed by atoms with Gasteiger partial charge in [0.25, 0.3) is 0 Å². The van der Waals surface area contributed by atoms with Crippen LogP contribution in [0.3, 0.4) is 0 Å². The van der Waals surface area contributed by atoms with E-state index in [1.807, 2.05) is 6.20 Å². The summed E-state index contributed by atoms with van der Waals surface area (Å²) in [5.74, 6) is 5.83. The summed E-state index contributed by atoms with van der Waals surface area (Å²) >= 11 is 0. The Labute approximate surface area is 94.0 Å². The predicted octanol–water partition coefficient (Wildman–Crippen LogP) is 3.00. The monoisotopic (exact) mass is 222 g/mol. The SMILES string of the molecule is C=S1CCNc2c1ncc(C(C)C)c2C. The second-order valence-corrected chi connectivity index (χ2v) is 6.08. The number of rotatable bonds is 1. The number of pyridine rings is 1. The zero-order valence-electron chi connectivity index (χ0n) is 9.63. The van der Waals surface area contributed by atoms with Gasteiger partial charge in [-0.1, -0.05) is 19.7 Å². The molecule has 0 radical (unpaired) electrons. The van der Waals surface area contributed by atoms with E-state index in [9.17, 15) is 0 Å². The highest BCUT2D eigenvalue weighted by molar-refractivity contribution is 8.14. The lowest BCUT2D eigenvalue weighted by Crippen LogP contribution is -2.15. The lowest BCUT2D eigenvalue weighted by atomic mass is 9.99. The molecule has 1 aliphatic heterocycles. The maximum atomic E-state index is 4.57. The molecule has 82 valence electrons. The van der Waals surface area contributed by atoms with E-state index in [1.54, 1.807) is 0 Å². The van der Waals surface area contributed by atoms with Crippen LogP contribution in [0.2, 0.25) is 0 Å². The molecule has 1 aliphatic rings. The molecule has 0 amide bonds. The Morgan fingerprint density at radius 3 is 2.93 bits per heavy atom. The summed E-state index contributed by atoms with van der Waals surface area (Å²) < 4.78 is 0. The largest absolute Gasteiger partial charge is 0.382 e. The van der Waals surface area contributed by atoms with Crippen LogP contribution in [0, 0.1) is 6.92 Å². The van der Waals surface area contributed by atoms with Crippen molar-refractivity contribution in [3.63, 3.8) is 0 Å². The third-order valence-corrected chi connectivity index (χ3v) is 4.44. The molecule has 0 spiro atoms. The van der Waals surface area contributed by atoms with Crippen LogP contribution in [0.4, 0.5) is 5.69 Å². The van der Waals surface area contributed by atoms with Gasteiger partial charge in [0.2, 0.25) is 0 Å². The van der Waals surface area contributed by atoms with E-state index in [1.165, 1.54) is 21.8 Å². The lowest BCUT2D eigenvalue weighted by molar-refractivity contribution is 0.837. The molecule has 2 heterocycles. The molecular weight excluding hydrogens is 204 g/mol. The van der Waals surface area contributed by atoms with E-state index < -0.39 is 0 Å². The third-order valence-electron chi connectivity index (χ3n) is 2.89. The van der Waals surface area contributed by atoms with Crippen molar-refractivity contribution in [1.82, 2.24) is 4.98 Å². The molecule has 0 fully saturated rings. The first kappa shape index (κ1) is 10.7. The van der Waals surface area contributed by atoms with Crippen LogP contribution >= 0.6 is 10.5 Å². The van der Waals surface area contributed by atoms with Crippen molar-refractivity contribution in [2.24, 2.45) is 0 Å². The molecule has 1 aromatic rings. The van der Waals surface area contributed by atoms with E-state index >= 15 is 0 Å². The molecule has 0 aromatic carbocycles. The van der Waals surface area contributed by atoms with Crippen LogP contribution in [-0.4, -0.2) is 23.2 Å². The number of hydrogen-bond acceptors (Lipinski definition) is 2. The fourth-order valence-electron chi connectivity index (χ4n) is 2.00. The number of hydrogen-bond donors (Lipinski definition) is 1. The van der Waals surface area contributed by atoms with Crippen molar-refractivity contribution in [2.75, 3.05) is 17.6 Å². The smallest absolute Gasteiger partial charge is 0.114 e. The van der Waals surface area contributed by atoms with Crippen LogP contribution in [-0.2, 0) is 0 Å². The molecule has 0 saturated heterocycles. The Bertz CT molecular complexity index is 410. The van der Waals surface area contributed by atoms with Crippen LogP contribution in [0.25, 0.3) is 0 Å². The van der Waals surface area contributed by atoms with Gasteiger partial charge in [-0.15, -0.1) is 10.5 Å². The topological polar surface area (TPSA) is 24.9 Å². The van der Waals surface area contributed by atoms with Crippen molar-refractivity contribution in [2.45, 2.75) is 31.7 Å². The van der Waals surface area contributed by atoms with Gasteiger partial charge in [0.05, 0.1) is 5.69 Å². The van der Waals surface area contributed by atoms with E-state index in [0.717, 1.165) is 12.3 Å². The van der Waals surface area contributed by atoms with Crippen molar-refractivity contribution < 1.29 is 0 Å². The molecule has 0 saturated carbocycles. The predicted molar refractivity (Wildman–Crippen MR) is 69.4 cm³/mol. The molecule has 0 aliphatic carbocycles. The Hall–Kier alpha value is -0.830. The normalized spacial score (nSPS) is 19.9. The van der Waals surface area contributed by atoms with Gasteiger partial charge >= 0.3 is 0 Å². The van der Waals surface area contributed by atoms with Crippen molar-refractivity contribution in [3.8, 4) is 0 Å². The summed E-state index contributed by atoms with van der Waals surface area (Å²) in [7, 11) is 0.0795. The summed E-state index contributed by atoms with van der Waals surface area (Å²) in [5, 5.41) is 4.63. The molecule has 1 N–H and O–H groups in total. The molecule has 15 heavy (non-hydrogen) atoms. The van der Waals surface area contributed by atoms with E-state index in [2.05, 4.69) is 36.9 Å². The van der Waals surface area contributed by atoms with Gasteiger partial charge in [0.15, 0.2) is 0 Å². The number of nitrogens with one attached hydrogen (secondary N) is 1. The molecule has 1 unspecified atom stereocenters. The van der Waals surface area contributed by atoms with Crippen LogP contribution in [0.5, 0.6) is 0 Å². The van der Waals surface area contributed by atoms with Gasteiger partial charge in [0, 0.05) is 18.5 Å². The van der Waals surface area contributed by atoms with Crippen molar-refractivity contribution in [3.05, 3.63) is 17.3 Å². The number of fused-ring (bicyclic) bond motifs is 1. The first-order valence-electron chi connectivity index (χ1n) is 5.35. The number of nitrogens with zero attached hydrogens (tertiary/aromatic N) is 1. The molecule has 1 aromatic heterocycles. The average Bonchev–Trinajstić information content (AvgIpc) is 2.19. The highest BCUT2D eigenvalue weighted by Crippen LogP contribution is 2.37. The van der Waals surface area contributed by atoms with Crippen molar-refractivity contribution >= 4 is 22.0 Å². The minimum Gasteiger partial charge on any atom is -0.382 e. The average molecular weight is 222 g/mol. The van der Waals surface area contributed by atoms with E-state index in [4.69, 9.17) is 0 Å². The van der Waals surface area contributed by atoms with Crippen molar-refractivity contribution in [1.29, 1.82) is 0 Å². The Balaban J connectivity index is 2.57. The first-order chi connectivity index (χ1) is 7.11. The zero-order chi connectivity index (χ0) is 11.0. The number of anilines is 1. The quantitative estimate of drug-likeness (QED) is 0.739. The van der Waals surface area contributed by atoms with Gasteiger partial charge in [-0.2, -0.15) is 0 Å². The molecule has 2 rings (SSSR count). The Morgan fingerprint density at radius 2 is 2.27 bits per heavy atom. The standard InChI is InChI=1S/C12H18N2S/c1-8(2)10-7-14-12-11(9(10)3)13-5-6-15(12)4/h7-8,13H,4-6H2,1-3H3. The van der Waals surface area contributed by atoms with Gasteiger partial charge in [-0.25, -0.2) is 4.98 Å². The zero-order valence-corrected chi connectivity index (χ0v) is 10.4. The summed E-state index contributed by atoms with van der Waals surface area (Å²) in [6.45, 7) is 7.64. The molecule has 2 nitrogen and oxygen atoms in total. The highest BCUT2D eigenvalue weighted by atomic mass is 32.2. The van der Waals surface area contributed by atoms with Crippen LogP contribution in [0.1, 0.15) is 30.9 Å². The minimum absolute atomic E-state index is 0.0795. The van der Waals surface area contributed by atoms with E-state index in [-0.39, 0.29) is 10.5 Å². The summed E-state index contributed by atoms with van der Waals surface area (Å²) in [5.41, 5.74) is 3.95. The fourth-order valence-corrected chi connectivity index (χ4v) is 3.26. The maximum Gasteiger partial charge on any atom is 0.114 e. The molecular formula is C12H18N2S. The Morgan fingerprint density at radius 1 is 1.53 bits per heavy atom. The second kappa shape index (κ2) is 3.97. The highest BCUT2D eigenvalue weighted by Gasteiger charge is 2.17. The second-order valence-electron chi connectivity index (χ2n) is 4.30. The summed E-state index contributed by atoms with van der Waals surface area (Å²) in [4.78, 5) is 4.57. The minimum atomic E-state index is 0.0795. The van der Waals surface area contributed by atoms with Crippen LogP contribution < -0.4 is 5.32 Å².